The molecular weight excluding hydrogens is 427 g/mol. The van der Waals surface area contributed by atoms with Gasteiger partial charge >= 0.3 is 0 Å². The lowest BCUT2D eigenvalue weighted by atomic mass is 9.86. The first-order valence-corrected chi connectivity index (χ1v) is 13.4. The highest BCUT2D eigenvalue weighted by atomic mass is 31.1. The van der Waals surface area contributed by atoms with E-state index in [-0.39, 0.29) is 5.41 Å². The molecule has 0 N–H and O–H groups in total. The number of allylic oxidation sites excluding steroid dienone is 4. The third-order valence-corrected chi connectivity index (χ3v) is 8.94. The van der Waals surface area contributed by atoms with E-state index in [0.717, 1.165) is 6.42 Å². The van der Waals surface area contributed by atoms with E-state index in [4.69, 9.17) is 0 Å². The van der Waals surface area contributed by atoms with E-state index in [2.05, 4.69) is 142 Å². The summed E-state index contributed by atoms with van der Waals surface area (Å²) in [5.41, 5.74) is 6.89. The number of hydrogen-bond donors (Lipinski definition) is 0. The Labute approximate surface area is 205 Å². The Morgan fingerprint density at radius 3 is 1.76 bits per heavy atom. The largest absolute Gasteiger partial charge is 0.0722 e. The lowest BCUT2D eigenvalue weighted by molar-refractivity contribution is 0.591. The number of benzene rings is 4. The van der Waals surface area contributed by atoms with Crippen molar-refractivity contribution in [1.82, 2.24) is 0 Å². The molecule has 0 fully saturated rings. The lowest BCUT2D eigenvalue weighted by Crippen LogP contribution is -2.25. The minimum absolute atomic E-state index is 0.0964. The number of rotatable bonds is 5. The molecule has 0 bridgehead atoms. The van der Waals surface area contributed by atoms with Crippen LogP contribution in [0.15, 0.2) is 121 Å². The van der Waals surface area contributed by atoms with E-state index >= 15 is 0 Å². The van der Waals surface area contributed by atoms with E-state index in [9.17, 15) is 0 Å². The summed E-state index contributed by atoms with van der Waals surface area (Å²) in [6.45, 7) is 6.93. The Bertz CT molecular complexity index is 1280. The molecule has 1 aliphatic rings. The van der Waals surface area contributed by atoms with Crippen molar-refractivity contribution >= 4 is 35.0 Å². The van der Waals surface area contributed by atoms with Crippen LogP contribution in [0.4, 0.5) is 0 Å². The fourth-order valence-corrected chi connectivity index (χ4v) is 7.10. The van der Waals surface area contributed by atoms with Crippen molar-refractivity contribution in [2.24, 2.45) is 0 Å². The van der Waals surface area contributed by atoms with E-state index in [1.165, 1.54) is 43.8 Å². The van der Waals surface area contributed by atoms with Gasteiger partial charge in [0.15, 0.2) is 0 Å². The smallest absolute Gasteiger partial charge is 0.00728 e. The van der Waals surface area contributed by atoms with Gasteiger partial charge in [-0.15, -0.1) is 0 Å². The second-order valence-corrected chi connectivity index (χ2v) is 12.1. The maximum absolute atomic E-state index is 2.49. The molecule has 0 saturated heterocycles. The van der Waals surface area contributed by atoms with Gasteiger partial charge in [0.05, 0.1) is 0 Å². The van der Waals surface area contributed by atoms with Crippen LogP contribution in [0.1, 0.15) is 43.9 Å². The van der Waals surface area contributed by atoms with Crippen LogP contribution in [0.3, 0.4) is 0 Å². The van der Waals surface area contributed by atoms with Crippen LogP contribution in [0, 0.1) is 0 Å². The minimum atomic E-state index is -0.679. The monoisotopic (exact) mass is 458 g/mol. The molecular formula is C33H31P. The fraction of sp³-hybridized carbons (Fsp3) is 0.152. The Morgan fingerprint density at radius 2 is 1.21 bits per heavy atom. The first kappa shape index (κ1) is 22.6. The van der Waals surface area contributed by atoms with Gasteiger partial charge in [-0.3, -0.25) is 0 Å². The molecule has 34 heavy (non-hydrogen) atoms. The first-order chi connectivity index (χ1) is 16.5. The van der Waals surface area contributed by atoms with Gasteiger partial charge in [-0.05, 0) is 69.6 Å². The zero-order chi connectivity index (χ0) is 23.5. The molecule has 0 radical (unpaired) electrons. The SMILES string of the molecule is CC(C)(C)c1ccc(C2=CC(c3ccccc3)=CC2)c(P(c2ccccc2)c2ccccc2)c1. The normalized spacial score (nSPS) is 13.6. The molecule has 1 aliphatic carbocycles. The molecule has 0 heterocycles. The summed E-state index contributed by atoms with van der Waals surface area (Å²) in [5, 5.41) is 4.24. The quantitative estimate of drug-likeness (QED) is 0.270. The Morgan fingerprint density at radius 1 is 0.647 bits per heavy atom. The maximum atomic E-state index is 2.49. The average Bonchev–Trinajstić information content (AvgIpc) is 3.36. The molecule has 0 atom stereocenters. The standard InChI is InChI=1S/C33H31P/c1-33(2,3)28-21-22-31(27-20-19-26(23-27)25-13-7-4-8-14-25)32(24-28)34(29-15-9-5-10-16-29)30-17-11-6-12-18-30/h4-19,21-24H,20H2,1-3H3. The van der Waals surface area contributed by atoms with E-state index in [1.807, 2.05) is 0 Å². The Balaban J connectivity index is 1.69. The molecule has 1 heteroatoms. The van der Waals surface area contributed by atoms with Crippen LogP contribution in [-0.4, -0.2) is 0 Å². The minimum Gasteiger partial charge on any atom is -0.0722 e. The highest BCUT2D eigenvalue weighted by Crippen LogP contribution is 2.40. The fourth-order valence-electron chi connectivity index (χ4n) is 4.58. The van der Waals surface area contributed by atoms with E-state index in [0.29, 0.717) is 0 Å². The van der Waals surface area contributed by atoms with Crippen molar-refractivity contribution < 1.29 is 0 Å². The third-order valence-electron chi connectivity index (χ3n) is 6.46. The lowest BCUT2D eigenvalue weighted by Gasteiger charge is -2.27. The van der Waals surface area contributed by atoms with E-state index in [1.54, 1.807) is 0 Å². The summed E-state index contributed by atoms with van der Waals surface area (Å²) in [6.07, 6.45) is 5.74. The van der Waals surface area contributed by atoms with Crippen LogP contribution < -0.4 is 15.9 Å². The Kier molecular flexibility index (Phi) is 6.36. The van der Waals surface area contributed by atoms with Crippen molar-refractivity contribution in [3.63, 3.8) is 0 Å². The summed E-state index contributed by atoms with van der Waals surface area (Å²) >= 11 is 0. The summed E-state index contributed by atoms with van der Waals surface area (Å²) in [5.74, 6) is 0. The zero-order valence-corrected chi connectivity index (χ0v) is 21.1. The predicted molar refractivity (Wildman–Crippen MR) is 151 cm³/mol. The molecule has 4 aromatic rings. The molecule has 4 aromatic carbocycles. The third kappa shape index (κ3) is 4.70. The summed E-state index contributed by atoms with van der Waals surface area (Å²) < 4.78 is 0. The summed E-state index contributed by atoms with van der Waals surface area (Å²) in [7, 11) is -0.679. The van der Waals surface area contributed by atoms with Gasteiger partial charge in [-0.25, -0.2) is 0 Å². The van der Waals surface area contributed by atoms with Gasteiger partial charge in [0.2, 0.25) is 0 Å². The molecule has 0 nitrogen and oxygen atoms in total. The average molecular weight is 459 g/mol. The molecule has 0 unspecified atom stereocenters. The maximum Gasteiger partial charge on any atom is -0.00728 e. The van der Waals surface area contributed by atoms with Crippen LogP contribution in [-0.2, 0) is 5.41 Å². The van der Waals surface area contributed by atoms with Crippen LogP contribution in [0.25, 0.3) is 11.1 Å². The molecule has 0 aromatic heterocycles. The topological polar surface area (TPSA) is 0 Å². The van der Waals surface area contributed by atoms with Gasteiger partial charge in [0.25, 0.3) is 0 Å². The molecule has 168 valence electrons. The highest BCUT2D eigenvalue weighted by molar-refractivity contribution is 7.80. The molecule has 0 saturated carbocycles. The van der Waals surface area contributed by atoms with Crippen LogP contribution in [0.2, 0.25) is 0 Å². The number of hydrogen-bond acceptors (Lipinski definition) is 0. The van der Waals surface area contributed by atoms with E-state index < -0.39 is 7.92 Å². The highest BCUT2D eigenvalue weighted by Gasteiger charge is 2.25. The van der Waals surface area contributed by atoms with Crippen molar-refractivity contribution in [3.8, 4) is 0 Å². The molecule has 5 rings (SSSR count). The zero-order valence-electron chi connectivity index (χ0n) is 20.2. The summed E-state index contributed by atoms with van der Waals surface area (Å²) in [4.78, 5) is 0. The van der Waals surface area contributed by atoms with Gasteiger partial charge < -0.3 is 0 Å². The van der Waals surface area contributed by atoms with Gasteiger partial charge in [-0.2, -0.15) is 0 Å². The van der Waals surface area contributed by atoms with Crippen LogP contribution >= 0.6 is 7.92 Å². The van der Waals surface area contributed by atoms with Crippen molar-refractivity contribution in [1.29, 1.82) is 0 Å². The van der Waals surface area contributed by atoms with Gasteiger partial charge in [-0.1, -0.05) is 136 Å². The first-order valence-electron chi connectivity index (χ1n) is 12.0. The molecule has 0 aliphatic heterocycles. The van der Waals surface area contributed by atoms with Gasteiger partial charge in [0.1, 0.15) is 0 Å². The van der Waals surface area contributed by atoms with Gasteiger partial charge in [0, 0.05) is 0 Å². The Hall–Kier alpha value is -3.21. The summed E-state index contributed by atoms with van der Waals surface area (Å²) in [6, 6.07) is 40.0. The second-order valence-electron chi connectivity index (χ2n) is 9.89. The van der Waals surface area contributed by atoms with Crippen molar-refractivity contribution in [3.05, 3.63) is 138 Å². The molecule has 0 amide bonds. The second kappa shape index (κ2) is 9.57. The van der Waals surface area contributed by atoms with Crippen molar-refractivity contribution in [2.75, 3.05) is 0 Å². The predicted octanol–water partition coefficient (Wildman–Crippen LogP) is 7.61. The molecule has 0 spiro atoms. The van der Waals surface area contributed by atoms with Crippen LogP contribution in [0.5, 0.6) is 0 Å². The van der Waals surface area contributed by atoms with Crippen molar-refractivity contribution in [2.45, 2.75) is 32.6 Å².